The largest absolute Gasteiger partial charge is 0.455 e. The minimum Gasteiger partial charge on any atom is -0.455 e. The van der Waals surface area contributed by atoms with Crippen molar-refractivity contribution in [2.24, 2.45) is 13.0 Å². The molecule has 3 heteroatoms. The van der Waals surface area contributed by atoms with E-state index in [0.29, 0.717) is 11.6 Å². The van der Waals surface area contributed by atoms with Crippen LogP contribution in [0.15, 0.2) is 65.1 Å². The first-order valence-corrected chi connectivity index (χ1v) is 12.2. The second-order valence-electron chi connectivity index (χ2n) is 10.0. The van der Waals surface area contributed by atoms with Crippen molar-refractivity contribution >= 4 is 27.6 Å². The van der Waals surface area contributed by atoms with Gasteiger partial charge in [0, 0.05) is 34.9 Å². The molecule has 0 spiro atoms. The maximum absolute atomic E-state index is 7.69. The number of pyridine rings is 1. The van der Waals surface area contributed by atoms with Crippen LogP contribution >= 0.6 is 0 Å². The molecule has 35 heavy (non-hydrogen) atoms. The smallest absolute Gasteiger partial charge is 0.216 e. The van der Waals surface area contributed by atoms with E-state index < -0.39 is 0 Å². The minimum atomic E-state index is 0.581. The standard InChI is InChI=1S/C32H31N2O/c1-19(2)15-24-16-29(34(7)22(5)21(24)4)30-20(3)13-14-26-28-18-25(33-6)17-27(31(28)35-32(26)30)23-11-9-8-10-12-23/h8-14,16-19H,15H2,1-5,7H3/q+1. The minimum absolute atomic E-state index is 0.581. The van der Waals surface area contributed by atoms with Crippen molar-refractivity contribution in [2.75, 3.05) is 0 Å². The Kier molecular flexibility index (Phi) is 5.69. The quantitative estimate of drug-likeness (QED) is 0.195. The average molecular weight is 460 g/mol. The van der Waals surface area contributed by atoms with Crippen LogP contribution in [0.1, 0.15) is 36.2 Å². The van der Waals surface area contributed by atoms with E-state index in [4.69, 9.17) is 11.0 Å². The van der Waals surface area contributed by atoms with E-state index in [1.807, 2.05) is 30.3 Å². The molecule has 3 nitrogen and oxygen atoms in total. The second kappa shape index (κ2) is 8.71. The van der Waals surface area contributed by atoms with Crippen LogP contribution in [0.2, 0.25) is 0 Å². The Hall–Kier alpha value is -3.90. The number of furan rings is 1. The Morgan fingerprint density at radius 2 is 1.66 bits per heavy atom. The van der Waals surface area contributed by atoms with Crippen LogP contribution in [0.3, 0.4) is 0 Å². The Balaban J connectivity index is 1.88. The summed E-state index contributed by atoms with van der Waals surface area (Å²) in [7, 11) is 2.14. The third kappa shape index (κ3) is 3.80. The first-order valence-electron chi connectivity index (χ1n) is 12.2. The summed E-state index contributed by atoms with van der Waals surface area (Å²) in [5.74, 6) is 0.581. The lowest BCUT2D eigenvalue weighted by molar-refractivity contribution is -0.667. The number of hydrogen-bond donors (Lipinski definition) is 0. The molecule has 5 aromatic rings. The van der Waals surface area contributed by atoms with Crippen LogP contribution in [0, 0.1) is 33.3 Å². The third-order valence-electron chi connectivity index (χ3n) is 7.23. The van der Waals surface area contributed by atoms with Gasteiger partial charge >= 0.3 is 0 Å². The lowest BCUT2D eigenvalue weighted by Gasteiger charge is -2.14. The fourth-order valence-electron chi connectivity index (χ4n) is 5.17. The van der Waals surface area contributed by atoms with E-state index >= 15 is 0 Å². The fourth-order valence-corrected chi connectivity index (χ4v) is 5.17. The van der Waals surface area contributed by atoms with E-state index in [1.54, 1.807) is 0 Å². The summed E-state index contributed by atoms with van der Waals surface area (Å²) >= 11 is 0. The highest BCUT2D eigenvalue weighted by Crippen LogP contribution is 2.42. The summed E-state index contributed by atoms with van der Waals surface area (Å²) in [4.78, 5) is 3.77. The number of rotatable bonds is 4. The highest BCUT2D eigenvalue weighted by atomic mass is 16.3. The van der Waals surface area contributed by atoms with Gasteiger partial charge in [-0.25, -0.2) is 4.85 Å². The van der Waals surface area contributed by atoms with Crippen LogP contribution in [0.25, 0.3) is 49.2 Å². The van der Waals surface area contributed by atoms with Gasteiger partial charge < -0.3 is 4.42 Å². The van der Waals surface area contributed by atoms with Gasteiger partial charge in [-0.2, -0.15) is 4.57 Å². The van der Waals surface area contributed by atoms with Crippen molar-refractivity contribution < 1.29 is 8.98 Å². The summed E-state index contributed by atoms with van der Waals surface area (Å²) in [5.41, 5.74) is 11.8. The van der Waals surface area contributed by atoms with Gasteiger partial charge in [0.25, 0.3) is 0 Å². The number of hydrogen-bond acceptors (Lipinski definition) is 1. The molecular formula is C32H31N2O+. The van der Waals surface area contributed by atoms with Crippen molar-refractivity contribution in [1.82, 2.24) is 0 Å². The molecule has 0 bridgehead atoms. The maximum atomic E-state index is 7.69. The molecule has 2 heterocycles. The zero-order chi connectivity index (χ0) is 24.9. The number of aromatic nitrogens is 1. The first kappa shape index (κ1) is 22.9. The van der Waals surface area contributed by atoms with Gasteiger partial charge in [-0.05, 0) is 55.0 Å². The summed E-state index contributed by atoms with van der Waals surface area (Å²) in [6.45, 7) is 18.8. The topological polar surface area (TPSA) is 21.4 Å². The normalized spacial score (nSPS) is 11.5. The highest BCUT2D eigenvalue weighted by Gasteiger charge is 2.25. The highest BCUT2D eigenvalue weighted by molar-refractivity contribution is 6.14. The lowest BCUT2D eigenvalue weighted by atomic mass is 9.93. The molecule has 3 aromatic carbocycles. The predicted octanol–water partition coefficient (Wildman–Crippen LogP) is 8.42. The number of nitrogens with zero attached hydrogens (tertiary/aromatic N) is 2. The molecule has 5 rings (SSSR count). The number of benzene rings is 3. The Morgan fingerprint density at radius 3 is 2.34 bits per heavy atom. The van der Waals surface area contributed by atoms with Gasteiger partial charge in [0.1, 0.15) is 18.2 Å². The number of aryl methyl sites for hydroxylation is 1. The van der Waals surface area contributed by atoms with Crippen LogP contribution in [-0.2, 0) is 13.5 Å². The van der Waals surface area contributed by atoms with Crippen molar-refractivity contribution in [1.29, 1.82) is 0 Å². The molecule has 0 N–H and O–H groups in total. The van der Waals surface area contributed by atoms with Gasteiger partial charge in [-0.15, -0.1) is 0 Å². The van der Waals surface area contributed by atoms with Crippen molar-refractivity contribution in [3.63, 3.8) is 0 Å². The summed E-state index contributed by atoms with van der Waals surface area (Å²) in [6, 6.07) is 20.8. The van der Waals surface area contributed by atoms with Crippen LogP contribution in [-0.4, -0.2) is 0 Å². The predicted molar refractivity (Wildman–Crippen MR) is 145 cm³/mol. The van der Waals surface area contributed by atoms with E-state index in [-0.39, 0.29) is 0 Å². The van der Waals surface area contributed by atoms with Crippen molar-refractivity contribution in [3.05, 3.63) is 94.5 Å². The molecule has 0 aliphatic heterocycles. The molecule has 0 aliphatic carbocycles. The van der Waals surface area contributed by atoms with E-state index in [2.05, 4.69) is 81.4 Å². The zero-order valence-electron chi connectivity index (χ0n) is 21.4. The SMILES string of the molecule is [C-]#[N+]c1cc(-c2ccccc2)c2oc3c(-c4cc(CC(C)C)c(C)c(C)[n+]4C)c(C)ccc3c2c1. The summed E-state index contributed by atoms with van der Waals surface area (Å²) < 4.78 is 9.02. The molecule has 0 radical (unpaired) electrons. The van der Waals surface area contributed by atoms with Crippen LogP contribution in [0.5, 0.6) is 0 Å². The monoisotopic (exact) mass is 459 g/mol. The molecule has 0 fully saturated rings. The molecular weight excluding hydrogens is 428 g/mol. The average Bonchev–Trinajstić information content (AvgIpc) is 3.22. The molecule has 0 amide bonds. The maximum Gasteiger partial charge on any atom is 0.216 e. The molecule has 0 saturated carbocycles. The third-order valence-corrected chi connectivity index (χ3v) is 7.23. The van der Waals surface area contributed by atoms with Gasteiger partial charge in [-0.1, -0.05) is 56.3 Å². The molecule has 2 aromatic heterocycles. The molecule has 0 unspecified atom stereocenters. The Morgan fingerprint density at radius 1 is 0.914 bits per heavy atom. The van der Waals surface area contributed by atoms with Crippen LogP contribution in [0.4, 0.5) is 5.69 Å². The summed E-state index contributed by atoms with van der Waals surface area (Å²) in [5, 5.41) is 2.04. The molecule has 174 valence electrons. The molecule has 0 atom stereocenters. The van der Waals surface area contributed by atoms with E-state index in [9.17, 15) is 0 Å². The summed E-state index contributed by atoms with van der Waals surface area (Å²) in [6.07, 6.45) is 1.04. The van der Waals surface area contributed by atoms with Crippen LogP contribution < -0.4 is 4.57 Å². The molecule has 0 saturated heterocycles. The fraction of sp³-hybridized carbons (Fsp3) is 0.250. The van der Waals surface area contributed by atoms with Gasteiger partial charge in [0.05, 0.1) is 12.1 Å². The van der Waals surface area contributed by atoms with E-state index in [0.717, 1.165) is 50.7 Å². The van der Waals surface area contributed by atoms with E-state index in [1.165, 1.54) is 22.4 Å². The Bertz CT molecular complexity index is 1630. The molecule has 0 aliphatic rings. The van der Waals surface area contributed by atoms with Crippen molar-refractivity contribution in [2.45, 2.75) is 41.0 Å². The first-order chi connectivity index (χ1) is 16.8. The van der Waals surface area contributed by atoms with Gasteiger partial charge in [-0.3, -0.25) is 0 Å². The Labute approximate surface area is 207 Å². The zero-order valence-corrected chi connectivity index (χ0v) is 21.4. The van der Waals surface area contributed by atoms with Gasteiger partial charge in [0.15, 0.2) is 11.4 Å². The number of fused-ring (bicyclic) bond motifs is 3. The lowest BCUT2D eigenvalue weighted by Crippen LogP contribution is -2.36. The second-order valence-corrected chi connectivity index (χ2v) is 10.0. The van der Waals surface area contributed by atoms with Gasteiger partial charge in [0.2, 0.25) is 5.69 Å². The van der Waals surface area contributed by atoms with Crippen molar-refractivity contribution in [3.8, 4) is 22.4 Å².